The van der Waals surface area contributed by atoms with E-state index < -0.39 is 23.1 Å². The summed E-state index contributed by atoms with van der Waals surface area (Å²) < 4.78 is 5.79. The van der Waals surface area contributed by atoms with Gasteiger partial charge in [-0.2, -0.15) is 0 Å². The molecule has 0 aliphatic carbocycles. The normalized spacial score (nSPS) is 21.8. The Morgan fingerprint density at radius 3 is 2.29 bits per heavy atom. The van der Waals surface area contributed by atoms with Crippen LogP contribution < -0.4 is 0 Å². The molecule has 2 aliphatic rings. The average Bonchev–Trinajstić information content (AvgIpc) is 3.11. The summed E-state index contributed by atoms with van der Waals surface area (Å²) in [5.74, 6) is -1.14. The summed E-state index contributed by atoms with van der Waals surface area (Å²) in [7, 11) is 0. The van der Waals surface area contributed by atoms with Crippen molar-refractivity contribution in [2.75, 3.05) is 19.7 Å². The van der Waals surface area contributed by atoms with Crippen LogP contribution in [0.5, 0.6) is 0 Å². The number of likely N-dealkylation sites (tertiary alicyclic amines) is 2. The third-order valence-corrected chi connectivity index (χ3v) is 7.63. The van der Waals surface area contributed by atoms with E-state index >= 15 is 0 Å². The van der Waals surface area contributed by atoms with E-state index in [1.807, 2.05) is 30.3 Å². The quantitative estimate of drug-likeness (QED) is 0.599. The van der Waals surface area contributed by atoms with Gasteiger partial charge in [0.05, 0.1) is 18.8 Å². The molecule has 2 saturated heterocycles. The Balaban J connectivity index is 1.48. The van der Waals surface area contributed by atoms with Crippen LogP contribution in [0.4, 0.5) is 4.79 Å². The van der Waals surface area contributed by atoms with Gasteiger partial charge >= 0.3 is 12.1 Å². The monoisotopic (exact) mass is 480 g/mol. The molecule has 1 spiro atoms. The van der Waals surface area contributed by atoms with Gasteiger partial charge in [-0.1, -0.05) is 69.3 Å². The number of nitrogens with zero attached hydrogens (tertiary/aromatic N) is 2. The predicted molar refractivity (Wildman–Crippen MR) is 133 cm³/mol. The van der Waals surface area contributed by atoms with Gasteiger partial charge in [0.1, 0.15) is 0 Å². The van der Waals surface area contributed by atoms with Crippen molar-refractivity contribution >= 4 is 12.1 Å². The maximum Gasteiger partial charge on any atom is 0.408 e. The third kappa shape index (κ3) is 4.67. The highest BCUT2D eigenvalue weighted by molar-refractivity contribution is 5.86. The van der Waals surface area contributed by atoms with Crippen molar-refractivity contribution in [2.24, 2.45) is 0 Å². The summed E-state index contributed by atoms with van der Waals surface area (Å²) >= 11 is 0. The van der Waals surface area contributed by atoms with E-state index in [1.54, 1.807) is 0 Å². The predicted octanol–water partition coefficient (Wildman–Crippen LogP) is 4.66. The molecule has 2 fully saturated rings. The number of hydrogen-bond donors (Lipinski definition) is 2. The highest BCUT2D eigenvalue weighted by Gasteiger charge is 2.65. The lowest BCUT2D eigenvalue weighted by molar-refractivity contribution is -0.159. The highest BCUT2D eigenvalue weighted by atomic mass is 16.5. The van der Waals surface area contributed by atoms with Gasteiger partial charge in [0, 0.05) is 19.6 Å². The summed E-state index contributed by atoms with van der Waals surface area (Å²) in [4.78, 5) is 28.3. The number of aliphatic carboxylic acids is 1. The molecule has 7 nitrogen and oxygen atoms in total. The minimum absolute atomic E-state index is 0.0443. The Morgan fingerprint density at radius 2 is 1.69 bits per heavy atom. The SMILES string of the molecule is Cc1c(CN2CC3(CCC(COCc4ccccc4)(C(=O)O)N3C(=O)O)C2)cccc1C(C)(C)C. The van der Waals surface area contributed by atoms with Gasteiger partial charge in [-0.15, -0.1) is 0 Å². The lowest BCUT2D eigenvalue weighted by atomic mass is 9.82. The number of carboxylic acids is 1. The zero-order valence-corrected chi connectivity index (χ0v) is 21.1. The van der Waals surface area contributed by atoms with Gasteiger partial charge in [0.2, 0.25) is 0 Å². The van der Waals surface area contributed by atoms with E-state index in [9.17, 15) is 19.8 Å². The maximum atomic E-state index is 12.5. The van der Waals surface area contributed by atoms with Gasteiger partial charge in [0.15, 0.2) is 5.54 Å². The van der Waals surface area contributed by atoms with Crippen LogP contribution in [0, 0.1) is 6.92 Å². The lowest BCUT2D eigenvalue weighted by Gasteiger charge is -2.54. The number of ether oxygens (including phenoxy) is 1. The fourth-order valence-corrected chi connectivity index (χ4v) is 5.92. The molecule has 0 radical (unpaired) electrons. The van der Waals surface area contributed by atoms with Gasteiger partial charge < -0.3 is 14.9 Å². The zero-order chi connectivity index (χ0) is 25.4. The Labute approximate surface area is 207 Å². The topological polar surface area (TPSA) is 90.3 Å². The van der Waals surface area contributed by atoms with E-state index in [0.29, 0.717) is 19.5 Å². The van der Waals surface area contributed by atoms with Gasteiger partial charge in [-0.3, -0.25) is 9.80 Å². The van der Waals surface area contributed by atoms with Crippen molar-refractivity contribution in [3.8, 4) is 0 Å². The Hall–Kier alpha value is -2.90. The standard InChI is InChI=1S/C28H36N2O5/c1-20-22(11-8-12-23(20)26(2,3)4)15-29-17-27(18-29)13-14-28(24(31)32,30(27)25(33)34)19-35-16-21-9-6-5-7-10-21/h5-12H,13-19H2,1-4H3,(H,31,32)(H,33,34). The first-order valence-corrected chi connectivity index (χ1v) is 12.2. The fraction of sp³-hybridized carbons (Fsp3) is 0.500. The van der Waals surface area contributed by atoms with Crippen molar-refractivity contribution in [3.63, 3.8) is 0 Å². The molecule has 2 aromatic rings. The van der Waals surface area contributed by atoms with Crippen molar-refractivity contribution in [1.82, 2.24) is 9.80 Å². The van der Waals surface area contributed by atoms with E-state index in [4.69, 9.17) is 4.74 Å². The molecule has 2 N–H and O–H groups in total. The molecule has 7 heteroatoms. The average molecular weight is 481 g/mol. The maximum absolute atomic E-state index is 12.5. The molecule has 1 atom stereocenters. The van der Waals surface area contributed by atoms with Crippen LogP contribution in [0.15, 0.2) is 48.5 Å². The van der Waals surface area contributed by atoms with Crippen LogP contribution in [0.1, 0.15) is 55.9 Å². The molecular weight excluding hydrogens is 444 g/mol. The number of amides is 1. The Kier molecular flexibility index (Phi) is 6.68. The van der Waals surface area contributed by atoms with E-state index in [1.165, 1.54) is 21.6 Å². The van der Waals surface area contributed by atoms with Crippen LogP contribution in [0.25, 0.3) is 0 Å². The highest BCUT2D eigenvalue weighted by Crippen LogP contribution is 2.47. The first kappa shape index (κ1) is 25.2. The lowest BCUT2D eigenvalue weighted by Crippen LogP contribution is -2.73. The number of carbonyl (C=O) groups is 2. The molecule has 0 saturated carbocycles. The largest absolute Gasteiger partial charge is 0.479 e. The van der Waals surface area contributed by atoms with Crippen molar-refractivity contribution in [2.45, 2.75) is 70.2 Å². The van der Waals surface area contributed by atoms with Crippen molar-refractivity contribution in [3.05, 3.63) is 70.8 Å². The minimum atomic E-state index is -1.57. The molecule has 2 aliphatic heterocycles. The molecule has 4 rings (SSSR count). The third-order valence-electron chi connectivity index (χ3n) is 7.63. The van der Waals surface area contributed by atoms with Crippen LogP contribution in [-0.2, 0) is 28.1 Å². The number of benzene rings is 2. The number of rotatable bonds is 7. The second-order valence-corrected chi connectivity index (χ2v) is 11.1. The molecule has 35 heavy (non-hydrogen) atoms. The van der Waals surface area contributed by atoms with Crippen LogP contribution >= 0.6 is 0 Å². The second-order valence-electron chi connectivity index (χ2n) is 11.1. The van der Waals surface area contributed by atoms with E-state index in [0.717, 1.165) is 12.1 Å². The summed E-state index contributed by atoms with van der Waals surface area (Å²) in [5.41, 5.74) is 2.48. The van der Waals surface area contributed by atoms with Crippen molar-refractivity contribution in [1.29, 1.82) is 0 Å². The minimum Gasteiger partial charge on any atom is -0.479 e. The fourth-order valence-electron chi connectivity index (χ4n) is 5.92. The molecule has 1 unspecified atom stereocenters. The number of carboxylic acid groups (broad SMARTS) is 2. The molecule has 0 bridgehead atoms. The van der Waals surface area contributed by atoms with Crippen LogP contribution in [0.2, 0.25) is 0 Å². The molecule has 2 heterocycles. The first-order chi connectivity index (χ1) is 16.5. The molecule has 188 valence electrons. The molecule has 0 aromatic heterocycles. The summed E-state index contributed by atoms with van der Waals surface area (Å²) in [6.45, 7) is 10.6. The summed E-state index contributed by atoms with van der Waals surface area (Å²) in [5, 5.41) is 20.3. The van der Waals surface area contributed by atoms with Crippen molar-refractivity contribution < 1.29 is 24.5 Å². The number of hydrogen-bond acceptors (Lipinski definition) is 4. The second kappa shape index (κ2) is 9.28. The zero-order valence-electron chi connectivity index (χ0n) is 21.1. The van der Waals surface area contributed by atoms with Crippen LogP contribution in [-0.4, -0.2) is 62.8 Å². The van der Waals surface area contributed by atoms with Crippen LogP contribution in [0.3, 0.4) is 0 Å². The summed E-state index contributed by atoms with van der Waals surface area (Å²) in [6.07, 6.45) is -0.438. The van der Waals surface area contributed by atoms with Gasteiger partial charge in [-0.05, 0) is 47.4 Å². The first-order valence-electron chi connectivity index (χ1n) is 12.2. The molecular formula is C28H36N2O5. The smallest absolute Gasteiger partial charge is 0.408 e. The van der Waals surface area contributed by atoms with Gasteiger partial charge in [-0.25, -0.2) is 9.59 Å². The molecule has 2 aromatic carbocycles. The van der Waals surface area contributed by atoms with Gasteiger partial charge in [0.25, 0.3) is 0 Å². The Bertz CT molecular complexity index is 1090. The van der Waals surface area contributed by atoms with E-state index in [-0.39, 0.29) is 25.0 Å². The summed E-state index contributed by atoms with van der Waals surface area (Å²) in [6, 6.07) is 15.9. The van der Waals surface area contributed by atoms with E-state index in [2.05, 4.69) is 50.8 Å². The Morgan fingerprint density at radius 1 is 1.00 bits per heavy atom. The molecule has 1 amide bonds.